The molecular weight excluding hydrogens is 356 g/mol. The third-order valence-corrected chi connectivity index (χ3v) is 5.10. The number of aliphatic hydroxyl groups is 1. The zero-order valence-corrected chi connectivity index (χ0v) is 16.9. The zero-order valence-electron chi connectivity index (χ0n) is 16.1. The van der Waals surface area contributed by atoms with Crippen molar-refractivity contribution in [2.24, 2.45) is 0 Å². The van der Waals surface area contributed by atoms with Crippen molar-refractivity contribution in [3.05, 3.63) is 17.7 Å². The lowest BCUT2D eigenvalue weighted by Crippen LogP contribution is -2.52. The molecule has 148 valence electrons. The molecule has 1 aliphatic rings. The van der Waals surface area contributed by atoms with Crippen molar-refractivity contribution in [1.82, 2.24) is 5.32 Å². The normalized spacial score (nSPS) is 21.6. The van der Waals surface area contributed by atoms with Crippen LogP contribution >= 0.6 is 0 Å². The molecule has 1 aliphatic heterocycles. The van der Waals surface area contributed by atoms with E-state index in [1.807, 2.05) is 13.8 Å². The fourth-order valence-corrected chi connectivity index (χ4v) is 3.68. The van der Waals surface area contributed by atoms with E-state index >= 15 is 0 Å². The van der Waals surface area contributed by atoms with Crippen molar-refractivity contribution in [1.29, 1.82) is 0 Å². The first-order valence-electron chi connectivity index (χ1n) is 8.89. The van der Waals surface area contributed by atoms with Crippen molar-refractivity contribution in [2.75, 3.05) is 24.6 Å². The Bertz CT molecular complexity index is 733. The van der Waals surface area contributed by atoms with Gasteiger partial charge in [-0.25, -0.2) is 8.42 Å². The van der Waals surface area contributed by atoms with Crippen molar-refractivity contribution >= 4 is 15.7 Å². The molecule has 0 spiro atoms. The number of fused-ring (bicyclic) bond motifs is 1. The third kappa shape index (κ3) is 4.81. The van der Waals surface area contributed by atoms with Gasteiger partial charge in [0.05, 0.1) is 25.1 Å². The quantitative estimate of drug-likeness (QED) is 0.594. The lowest BCUT2D eigenvalue weighted by molar-refractivity contribution is -0.0645. The van der Waals surface area contributed by atoms with Crippen molar-refractivity contribution in [2.45, 2.75) is 57.8 Å². The van der Waals surface area contributed by atoms with Gasteiger partial charge in [0.15, 0.2) is 0 Å². The predicted octanol–water partition coefficient (Wildman–Crippen LogP) is 2.42. The number of nitrogens with one attached hydrogen (secondary N) is 2. The van der Waals surface area contributed by atoms with Gasteiger partial charge in [0.2, 0.25) is 10.0 Å². The maximum Gasteiger partial charge on any atom is 0.229 e. The van der Waals surface area contributed by atoms with E-state index in [-0.39, 0.29) is 6.04 Å². The molecule has 7 nitrogen and oxygen atoms in total. The van der Waals surface area contributed by atoms with E-state index < -0.39 is 21.7 Å². The van der Waals surface area contributed by atoms with Gasteiger partial charge in [-0.15, -0.1) is 0 Å². The van der Waals surface area contributed by atoms with Gasteiger partial charge in [-0.1, -0.05) is 19.8 Å². The number of aliphatic hydroxyl groups excluding tert-OH is 1. The van der Waals surface area contributed by atoms with Crippen LogP contribution in [0.3, 0.4) is 0 Å². The molecule has 0 aromatic heterocycles. The molecule has 8 heteroatoms. The van der Waals surface area contributed by atoms with Gasteiger partial charge >= 0.3 is 0 Å². The van der Waals surface area contributed by atoms with Gasteiger partial charge in [0.25, 0.3) is 0 Å². The highest BCUT2D eigenvalue weighted by atomic mass is 32.2. The Morgan fingerprint density at radius 2 is 2.00 bits per heavy atom. The summed E-state index contributed by atoms with van der Waals surface area (Å²) in [5.74, 6) is 0.908. The van der Waals surface area contributed by atoms with E-state index in [0.717, 1.165) is 37.6 Å². The highest BCUT2D eigenvalue weighted by molar-refractivity contribution is 7.92. The maximum atomic E-state index is 11.6. The van der Waals surface area contributed by atoms with Crippen molar-refractivity contribution < 1.29 is 23.0 Å². The molecule has 2 rings (SSSR count). The molecule has 0 fully saturated rings. The summed E-state index contributed by atoms with van der Waals surface area (Å²) in [6.07, 6.45) is 3.58. The van der Waals surface area contributed by atoms with Crippen LogP contribution in [0.2, 0.25) is 0 Å². The number of benzene rings is 1. The first-order valence-corrected chi connectivity index (χ1v) is 10.8. The Balaban J connectivity index is 2.41. The molecule has 0 amide bonds. The number of hydrogen-bond donors (Lipinski definition) is 3. The Labute approximate surface area is 156 Å². The summed E-state index contributed by atoms with van der Waals surface area (Å²) in [5, 5.41) is 14.2. The molecule has 0 saturated heterocycles. The van der Waals surface area contributed by atoms with E-state index in [1.165, 1.54) is 7.11 Å². The molecule has 1 aromatic carbocycles. The molecule has 1 aromatic rings. The first-order chi connectivity index (χ1) is 12.1. The van der Waals surface area contributed by atoms with Crippen LogP contribution in [0.25, 0.3) is 0 Å². The molecule has 0 aliphatic carbocycles. The molecule has 0 saturated carbocycles. The fourth-order valence-electron chi connectivity index (χ4n) is 3.12. The molecule has 0 bridgehead atoms. The number of methoxy groups -OCH3 is 1. The van der Waals surface area contributed by atoms with Crippen LogP contribution in [-0.4, -0.2) is 45.1 Å². The number of unbranched alkanes of at least 4 members (excludes halogenated alkanes) is 2. The van der Waals surface area contributed by atoms with Crippen molar-refractivity contribution in [3.63, 3.8) is 0 Å². The second kappa shape index (κ2) is 8.02. The van der Waals surface area contributed by atoms with E-state index in [2.05, 4.69) is 17.0 Å². The highest BCUT2D eigenvalue weighted by Gasteiger charge is 2.43. The van der Waals surface area contributed by atoms with E-state index in [9.17, 15) is 13.5 Å². The minimum Gasteiger partial charge on any atom is -0.495 e. The molecule has 2 unspecified atom stereocenters. The molecule has 3 N–H and O–H groups in total. The first kappa shape index (κ1) is 20.8. The summed E-state index contributed by atoms with van der Waals surface area (Å²) < 4.78 is 37.0. The van der Waals surface area contributed by atoms with Gasteiger partial charge in [-0.3, -0.25) is 4.72 Å². The minimum absolute atomic E-state index is 0.311. The average molecular weight is 387 g/mol. The van der Waals surface area contributed by atoms with Crippen LogP contribution in [0.5, 0.6) is 11.5 Å². The number of rotatable bonds is 8. The van der Waals surface area contributed by atoms with Crippen LogP contribution in [0.1, 0.15) is 51.6 Å². The number of hydrogen-bond acceptors (Lipinski definition) is 6. The lowest BCUT2D eigenvalue weighted by Gasteiger charge is -2.42. The second-order valence-corrected chi connectivity index (χ2v) is 9.00. The van der Waals surface area contributed by atoms with Gasteiger partial charge in [-0.2, -0.15) is 0 Å². The predicted molar refractivity (Wildman–Crippen MR) is 102 cm³/mol. The molecule has 0 radical (unpaired) electrons. The van der Waals surface area contributed by atoms with Crippen LogP contribution in [0.4, 0.5) is 5.69 Å². The van der Waals surface area contributed by atoms with Gasteiger partial charge in [-0.05, 0) is 32.9 Å². The van der Waals surface area contributed by atoms with Crippen LogP contribution in [0, 0.1) is 0 Å². The highest BCUT2D eigenvalue weighted by Crippen LogP contribution is 2.44. The van der Waals surface area contributed by atoms with Gasteiger partial charge in [0, 0.05) is 11.6 Å². The summed E-state index contributed by atoms with van der Waals surface area (Å²) in [4.78, 5) is 0. The maximum absolute atomic E-state index is 11.6. The molecule has 1 heterocycles. The summed E-state index contributed by atoms with van der Waals surface area (Å²) in [5.41, 5.74) is 0.252. The van der Waals surface area contributed by atoms with Gasteiger partial charge < -0.3 is 19.9 Å². The van der Waals surface area contributed by atoms with E-state index in [1.54, 1.807) is 12.1 Å². The number of sulfonamides is 1. The Kier molecular flexibility index (Phi) is 6.42. The summed E-state index contributed by atoms with van der Waals surface area (Å²) in [7, 11) is -1.99. The smallest absolute Gasteiger partial charge is 0.229 e. The van der Waals surface area contributed by atoms with Gasteiger partial charge in [0.1, 0.15) is 23.2 Å². The Morgan fingerprint density at radius 3 is 2.58 bits per heavy atom. The fraction of sp³-hybridized carbons (Fsp3) is 0.667. The van der Waals surface area contributed by atoms with Crippen molar-refractivity contribution in [3.8, 4) is 11.5 Å². The van der Waals surface area contributed by atoms with Crippen LogP contribution in [-0.2, 0) is 10.0 Å². The molecular formula is C18H30N2O5S. The topological polar surface area (TPSA) is 96.9 Å². The summed E-state index contributed by atoms with van der Waals surface area (Å²) in [6.45, 7) is 6.55. The molecule has 2 atom stereocenters. The standard InChI is InChI=1S/C18H30N2O5S/c1-6-7-8-9-19-16-12-10-15(24-4)13(20-26(5,22)23)11-14(12)25-18(2,3)17(16)21/h10-11,16-17,19-21H,6-9H2,1-5H3. The summed E-state index contributed by atoms with van der Waals surface area (Å²) >= 11 is 0. The lowest BCUT2D eigenvalue weighted by atomic mass is 9.86. The average Bonchev–Trinajstić information content (AvgIpc) is 2.52. The second-order valence-electron chi connectivity index (χ2n) is 7.25. The zero-order chi connectivity index (χ0) is 19.5. The Morgan fingerprint density at radius 1 is 1.31 bits per heavy atom. The van der Waals surface area contributed by atoms with E-state index in [0.29, 0.717) is 17.2 Å². The van der Waals surface area contributed by atoms with Crippen LogP contribution < -0.4 is 19.5 Å². The number of anilines is 1. The largest absolute Gasteiger partial charge is 0.495 e. The van der Waals surface area contributed by atoms with E-state index in [4.69, 9.17) is 9.47 Å². The SMILES string of the molecule is CCCCCNC1c2cc(OC)c(NS(C)(=O)=O)cc2OC(C)(C)C1O. The molecule has 26 heavy (non-hydrogen) atoms. The Hall–Kier alpha value is -1.51. The number of ether oxygens (including phenoxy) is 2. The summed E-state index contributed by atoms with van der Waals surface area (Å²) in [6, 6.07) is 3.01. The monoisotopic (exact) mass is 386 g/mol. The third-order valence-electron chi connectivity index (χ3n) is 4.51. The minimum atomic E-state index is -3.46. The van der Waals surface area contributed by atoms with Crippen LogP contribution in [0.15, 0.2) is 12.1 Å².